The molecular formula is C11H16N2O4S. The lowest BCUT2D eigenvalue weighted by Gasteiger charge is -2.19. The summed E-state index contributed by atoms with van der Waals surface area (Å²) >= 11 is 0. The Kier molecular flexibility index (Phi) is 4.08. The largest absolute Gasteiger partial charge is 0.478 e. The molecule has 0 atom stereocenters. The molecule has 0 radical (unpaired) electrons. The molecule has 0 fully saturated rings. The average Bonchev–Trinajstić information content (AvgIpc) is 2.25. The van der Waals surface area contributed by atoms with Gasteiger partial charge in [0.05, 0.1) is 22.5 Å². The van der Waals surface area contributed by atoms with Gasteiger partial charge in [-0.15, -0.1) is 0 Å². The van der Waals surface area contributed by atoms with Crippen LogP contribution in [-0.4, -0.2) is 29.2 Å². The van der Waals surface area contributed by atoms with Crippen LogP contribution in [0.4, 0.5) is 0 Å². The Hall–Kier alpha value is -1.47. The third kappa shape index (κ3) is 3.51. The first-order valence-electron chi connectivity index (χ1n) is 5.31. The van der Waals surface area contributed by atoms with Crippen molar-refractivity contribution in [2.45, 2.75) is 32.1 Å². The number of aromatic carboxylic acids is 1. The van der Waals surface area contributed by atoms with Crippen LogP contribution < -0.4 is 4.72 Å². The Morgan fingerprint density at radius 1 is 1.44 bits per heavy atom. The highest BCUT2D eigenvalue weighted by atomic mass is 32.2. The third-order valence-corrected chi connectivity index (χ3v) is 4.45. The molecule has 1 heterocycles. The molecule has 0 amide bonds. The van der Waals surface area contributed by atoms with E-state index < -0.39 is 20.7 Å². The summed E-state index contributed by atoms with van der Waals surface area (Å²) in [5.74, 6) is -1.07. The van der Waals surface area contributed by atoms with Crippen molar-refractivity contribution in [2.24, 2.45) is 0 Å². The minimum atomic E-state index is -3.47. The van der Waals surface area contributed by atoms with Gasteiger partial charge in [-0.3, -0.25) is 4.98 Å². The van der Waals surface area contributed by atoms with Crippen LogP contribution in [-0.2, 0) is 16.6 Å². The summed E-state index contributed by atoms with van der Waals surface area (Å²) in [5, 5.41) is 8.80. The van der Waals surface area contributed by atoms with Crippen molar-refractivity contribution in [2.75, 3.05) is 0 Å². The topological polar surface area (TPSA) is 96.4 Å². The highest BCUT2D eigenvalue weighted by Gasteiger charge is 2.28. The lowest BCUT2D eigenvalue weighted by Crippen LogP contribution is -2.39. The molecule has 0 unspecified atom stereocenters. The summed E-state index contributed by atoms with van der Waals surface area (Å²) in [7, 11) is -3.47. The second kappa shape index (κ2) is 5.03. The van der Waals surface area contributed by atoms with Gasteiger partial charge in [-0.2, -0.15) is 0 Å². The number of hydrogen-bond donors (Lipinski definition) is 2. The SMILES string of the molecule is CC(C)(C)S(=O)(=O)NCc1cc(C(=O)O)ccn1. The van der Waals surface area contributed by atoms with Gasteiger partial charge in [0, 0.05) is 6.20 Å². The van der Waals surface area contributed by atoms with Crippen LogP contribution in [0.1, 0.15) is 36.8 Å². The maximum Gasteiger partial charge on any atom is 0.335 e. The summed E-state index contributed by atoms with van der Waals surface area (Å²) in [6.45, 7) is 4.71. The van der Waals surface area contributed by atoms with Gasteiger partial charge in [0.2, 0.25) is 10.0 Å². The fourth-order valence-electron chi connectivity index (χ4n) is 1.09. The molecule has 1 aromatic rings. The molecule has 0 aliphatic heterocycles. The van der Waals surface area contributed by atoms with Gasteiger partial charge in [0.15, 0.2) is 0 Å². The Balaban J connectivity index is 2.82. The highest BCUT2D eigenvalue weighted by Crippen LogP contribution is 2.13. The lowest BCUT2D eigenvalue weighted by atomic mass is 10.2. The summed E-state index contributed by atoms with van der Waals surface area (Å²) in [5.41, 5.74) is 0.442. The van der Waals surface area contributed by atoms with Crippen molar-refractivity contribution in [3.05, 3.63) is 29.6 Å². The van der Waals surface area contributed by atoms with Gasteiger partial charge >= 0.3 is 5.97 Å². The molecule has 2 N–H and O–H groups in total. The quantitative estimate of drug-likeness (QED) is 0.852. The summed E-state index contributed by atoms with van der Waals surface area (Å²) in [6.07, 6.45) is 1.34. The Morgan fingerprint density at radius 2 is 2.06 bits per heavy atom. The Morgan fingerprint density at radius 3 is 2.56 bits per heavy atom. The van der Waals surface area contributed by atoms with Crippen LogP contribution in [0, 0.1) is 0 Å². The number of nitrogens with one attached hydrogen (secondary N) is 1. The fourth-order valence-corrected chi connectivity index (χ4v) is 1.86. The molecule has 0 bridgehead atoms. The number of carboxylic acid groups (broad SMARTS) is 1. The Bertz CT molecular complexity index is 546. The smallest absolute Gasteiger partial charge is 0.335 e. The van der Waals surface area contributed by atoms with Gasteiger partial charge < -0.3 is 5.11 Å². The molecular weight excluding hydrogens is 256 g/mol. The molecule has 0 aliphatic carbocycles. The van der Waals surface area contributed by atoms with E-state index in [0.717, 1.165) is 0 Å². The fraction of sp³-hybridized carbons (Fsp3) is 0.455. The number of nitrogens with zero attached hydrogens (tertiary/aromatic N) is 1. The summed E-state index contributed by atoms with van der Waals surface area (Å²) < 4.78 is 25.1. The van der Waals surface area contributed by atoms with E-state index in [1.54, 1.807) is 20.8 Å². The number of carbonyl (C=O) groups is 1. The van der Waals surface area contributed by atoms with Crippen molar-refractivity contribution < 1.29 is 18.3 Å². The number of sulfonamides is 1. The van der Waals surface area contributed by atoms with E-state index in [2.05, 4.69) is 9.71 Å². The van der Waals surface area contributed by atoms with Crippen LogP contribution in [0.25, 0.3) is 0 Å². The highest BCUT2D eigenvalue weighted by molar-refractivity contribution is 7.90. The molecule has 1 aromatic heterocycles. The normalized spacial score (nSPS) is 12.4. The van der Waals surface area contributed by atoms with Crippen LogP contribution in [0.3, 0.4) is 0 Å². The van der Waals surface area contributed by atoms with Crippen molar-refractivity contribution in [3.63, 3.8) is 0 Å². The Labute approximate surface area is 106 Å². The van der Waals surface area contributed by atoms with Crippen molar-refractivity contribution >= 4 is 16.0 Å². The minimum Gasteiger partial charge on any atom is -0.478 e. The van der Waals surface area contributed by atoms with E-state index in [9.17, 15) is 13.2 Å². The van der Waals surface area contributed by atoms with Crippen molar-refractivity contribution in [3.8, 4) is 0 Å². The zero-order valence-electron chi connectivity index (χ0n) is 10.5. The minimum absolute atomic E-state index is 0.0271. The maximum absolute atomic E-state index is 11.8. The van der Waals surface area contributed by atoms with E-state index in [4.69, 9.17) is 5.11 Å². The van der Waals surface area contributed by atoms with E-state index in [1.807, 2.05) is 0 Å². The molecule has 0 saturated carbocycles. The zero-order valence-corrected chi connectivity index (χ0v) is 11.3. The summed E-state index contributed by atoms with van der Waals surface area (Å²) in [4.78, 5) is 14.7. The standard InChI is InChI=1S/C11H16N2O4S/c1-11(2,3)18(16,17)13-7-9-6-8(10(14)15)4-5-12-9/h4-6,13H,7H2,1-3H3,(H,14,15). The second-order valence-electron chi connectivity index (χ2n) is 4.78. The average molecular weight is 272 g/mol. The van der Waals surface area contributed by atoms with Gasteiger partial charge in [-0.25, -0.2) is 17.9 Å². The first-order valence-corrected chi connectivity index (χ1v) is 6.79. The molecule has 7 heteroatoms. The van der Waals surface area contributed by atoms with Crippen molar-refractivity contribution in [1.82, 2.24) is 9.71 Å². The molecule has 0 saturated heterocycles. The predicted octanol–water partition coefficient (Wildman–Crippen LogP) is 0.998. The number of pyridine rings is 1. The number of aromatic nitrogens is 1. The van der Waals surface area contributed by atoms with Gasteiger partial charge in [-0.05, 0) is 32.9 Å². The van der Waals surface area contributed by atoms with Gasteiger partial charge in [-0.1, -0.05) is 0 Å². The van der Waals surface area contributed by atoms with Gasteiger partial charge in [0.1, 0.15) is 0 Å². The first kappa shape index (κ1) is 14.6. The monoisotopic (exact) mass is 272 g/mol. The van der Waals surface area contributed by atoms with Crippen LogP contribution >= 0.6 is 0 Å². The molecule has 0 spiro atoms. The maximum atomic E-state index is 11.8. The number of rotatable bonds is 4. The molecule has 100 valence electrons. The van der Waals surface area contributed by atoms with Crippen LogP contribution in [0.2, 0.25) is 0 Å². The van der Waals surface area contributed by atoms with Crippen LogP contribution in [0.5, 0.6) is 0 Å². The number of carboxylic acids is 1. The third-order valence-electron chi connectivity index (χ3n) is 2.31. The molecule has 1 rings (SSSR count). The molecule has 6 nitrogen and oxygen atoms in total. The zero-order chi connectivity index (χ0) is 14.0. The van der Waals surface area contributed by atoms with E-state index in [0.29, 0.717) is 5.69 Å². The second-order valence-corrected chi connectivity index (χ2v) is 7.30. The van der Waals surface area contributed by atoms with Crippen molar-refractivity contribution in [1.29, 1.82) is 0 Å². The first-order chi connectivity index (χ1) is 8.13. The molecule has 0 aliphatic rings. The molecule has 0 aromatic carbocycles. The van der Waals surface area contributed by atoms with E-state index in [1.165, 1.54) is 18.3 Å². The summed E-state index contributed by atoms with van der Waals surface area (Å²) in [6, 6.07) is 2.69. The lowest BCUT2D eigenvalue weighted by molar-refractivity contribution is 0.0696. The van der Waals surface area contributed by atoms with Gasteiger partial charge in [0.25, 0.3) is 0 Å². The number of hydrogen-bond acceptors (Lipinski definition) is 4. The van der Waals surface area contributed by atoms with E-state index >= 15 is 0 Å². The van der Waals surface area contributed by atoms with Crippen LogP contribution in [0.15, 0.2) is 18.3 Å². The molecule has 18 heavy (non-hydrogen) atoms. The predicted molar refractivity (Wildman–Crippen MR) is 66.7 cm³/mol. The van der Waals surface area contributed by atoms with E-state index in [-0.39, 0.29) is 12.1 Å².